The van der Waals surface area contributed by atoms with E-state index in [1.54, 1.807) is 23.0 Å². The van der Waals surface area contributed by atoms with Crippen LogP contribution in [0.15, 0.2) is 36.7 Å². The number of aryl methyl sites for hydroxylation is 1. The van der Waals surface area contributed by atoms with E-state index in [0.29, 0.717) is 38.0 Å². The molecule has 0 saturated carbocycles. The lowest BCUT2D eigenvalue weighted by Gasteiger charge is -2.43. The molecule has 182 valence electrons. The van der Waals surface area contributed by atoms with Gasteiger partial charge >= 0.3 is 6.03 Å². The van der Waals surface area contributed by atoms with Crippen molar-refractivity contribution in [3.8, 4) is 11.3 Å². The number of carbonyl (C=O) groups is 2. The van der Waals surface area contributed by atoms with Crippen LogP contribution in [0, 0.1) is 6.92 Å². The van der Waals surface area contributed by atoms with Crippen LogP contribution in [-0.4, -0.2) is 73.6 Å². The van der Waals surface area contributed by atoms with Gasteiger partial charge in [0.05, 0.1) is 23.4 Å². The van der Waals surface area contributed by atoms with Gasteiger partial charge in [-0.15, -0.1) is 0 Å². The van der Waals surface area contributed by atoms with Crippen LogP contribution >= 0.6 is 0 Å². The zero-order valence-corrected chi connectivity index (χ0v) is 20.5. The summed E-state index contributed by atoms with van der Waals surface area (Å²) < 4.78 is 0. The van der Waals surface area contributed by atoms with E-state index in [4.69, 9.17) is 4.98 Å². The summed E-state index contributed by atoms with van der Waals surface area (Å²) >= 11 is 0. The van der Waals surface area contributed by atoms with Crippen molar-refractivity contribution in [3.05, 3.63) is 47.9 Å². The van der Waals surface area contributed by atoms with Crippen molar-refractivity contribution in [1.82, 2.24) is 24.8 Å². The van der Waals surface area contributed by atoms with Gasteiger partial charge in [0.25, 0.3) is 5.91 Å². The van der Waals surface area contributed by atoms with Crippen molar-refractivity contribution in [2.45, 2.75) is 51.8 Å². The van der Waals surface area contributed by atoms with Gasteiger partial charge in [0.15, 0.2) is 0 Å². The molecule has 0 aromatic carbocycles. The number of anilines is 1. The van der Waals surface area contributed by atoms with Gasteiger partial charge in [-0.3, -0.25) is 19.7 Å². The number of carbonyl (C=O) groups excluding carboxylic acids is 2. The van der Waals surface area contributed by atoms with Crippen LogP contribution in [0.5, 0.6) is 0 Å². The standard InChI is InChI=1S/C26H30N6O3/c1-16-5-6-17(13-27-16)20-7-8-21-22(29-20)23-18(14-28-21)15-30(4)25(34)32(23)19-9-11-31(12-10-19)24(33)26(2,3)35/h5-8,13-14,19,35H,9-12,15H2,1-4H3. The van der Waals surface area contributed by atoms with Crippen molar-refractivity contribution in [1.29, 1.82) is 0 Å². The molecule has 1 saturated heterocycles. The quantitative estimate of drug-likeness (QED) is 0.626. The number of hydrogen-bond donors (Lipinski definition) is 1. The first-order valence-corrected chi connectivity index (χ1v) is 11.9. The molecule has 0 radical (unpaired) electrons. The average molecular weight is 475 g/mol. The minimum Gasteiger partial charge on any atom is -0.381 e. The van der Waals surface area contributed by atoms with Gasteiger partial charge in [-0.1, -0.05) is 0 Å². The van der Waals surface area contributed by atoms with Crippen molar-refractivity contribution in [3.63, 3.8) is 0 Å². The number of urea groups is 1. The molecule has 2 aliphatic rings. The Morgan fingerprint density at radius 3 is 2.49 bits per heavy atom. The van der Waals surface area contributed by atoms with Crippen LogP contribution in [0.2, 0.25) is 0 Å². The van der Waals surface area contributed by atoms with Crippen molar-refractivity contribution < 1.29 is 14.7 Å². The topological polar surface area (TPSA) is 103 Å². The third-order valence-corrected chi connectivity index (χ3v) is 6.79. The molecule has 0 aliphatic carbocycles. The second kappa shape index (κ2) is 8.57. The van der Waals surface area contributed by atoms with Crippen molar-refractivity contribution >= 4 is 28.7 Å². The number of piperidine rings is 1. The third kappa shape index (κ3) is 4.20. The molecule has 3 aromatic heterocycles. The molecule has 5 heterocycles. The van der Waals surface area contributed by atoms with E-state index in [-0.39, 0.29) is 18.0 Å². The zero-order valence-electron chi connectivity index (χ0n) is 20.5. The first kappa shape index (κ1) is 23.2. The zero-order chi connectivity index (χ0) is 24.9. The summed E-state index contributed by atoms with van der Waals surface area (Å²) in [4.78, 5) is 45.2. The summed E-state index contributed by atoms with van der Waals surface area (Å²) in [7, 11) is 1.79. The Hall–Kier alpha value is -3.59. The fourth-order valence-electron chi connectivity index (χ4n) is 4.91. The highest BCUT2D eigenvalue weighted by atomic mass is 16.3. The molecule has 3 amide bonds. The minimum absolute atomic E-state index is 0.0820. The summed E-state index contributed by atoms with van der Waals surface area (Å²) in [5.41, 5.74) is 4.36. The molecule has 2 aliphatic heterocycles. The summed E-state index contributed by atoms with van der Waals surface area (Å²) in [5.74, 6) is -0.286. The van der Waals surface area contributed by atoms with Crippen LogP contribution in [0.1, 0.15) is 37.9 Å². The molecule has 35 heavy (non-hydrogen) atoms. The van der Waals surface area contributed by atoms with E-state index in [1.165, 1.54) is 13.8 Å². The lowest BCUT2D eigenvalue weighted by Crippen LogP contribution is -2.56. The van der Waals surface area contributed by atoms with Gasteiger partial charge in [0, 0.05) is 55.4 Å². The third-order valence-electron chi connectivity index (χ3n) is 6.79. The van der Waals surface area contributed by atoms with Crippen LogP contribution in [0.4, 0.5) is 10.5 Å². The maximum Gasteiger partial charge on any atom is 0.324 e. The number of rotatable bonds is 3. The van der Waals surface area contributed by atoms with Gasteiger partial charge in [-0.25, -0.2) is 9.78 Å². The Kier molecular flexibility index (Phi) is 5.67. The molecule has 0 unspecified atom stereocenters. The highest BCUT2D eigenvalue weighted by Gasteiger charge is 2.39. The van der Waals surface area contributed by atoms with Crippen molar-refractivity contribution in [2.24, 2.45) is 0 Å². The normalized spacial score (nSPS) is 17.2. The summed E-state index contributed by atoms with van der Waals surface area (Å²) in [5, 5.41) is 10.1. The number of aliphatic hydroxyl groups is 1. The fraction of sp³-hybridized carbons (Fsp3) is 0.423. The molecular formula is C26H30N6O3. The van der Waals surface area contributed by atoms with Crippen LogP contribution in [0.25, 0.3) is 22.3 Å². The Balaban J connectivity index is 1.54. The molecule has 5 rings (SSSR count). The van der Waals surface area contributed by atoms with Crippen LogP contribution < -0.4 is 4.90 Å². The number of amides is 3. The van der Waals surface area contributed by atoms with E-state index in [2.05, 4.69) is 9.97 Å². The lowest BCUT2D eigenvalue weighted by atomic mass is 9.98. The first-order chi connectivity index (χ1) is 16.6. The number of hydrogen-bond acceptors (Lipinski definition) is 6. The molecule has 1 fully saturated rings. The molecule has 1 N–H and O–H groups in total. The molecular weight excluding hydrogens is 444 g/mol. The summed E-state index contributed by atoms with van der Waals surface area (Å²) in [6.07, 6.45) is 4.87. The maximum absolute atomic E-state index is 13.5. The van der Waals surface area contributed by atoms with Gasteiger partial charge < -0.3 is 14.9 Å². The van der Waals surface area contributed by atoms with E-state index in [0.717, 1.165) is 33.7 Å². The Morgan fingerprint density at radius 2 is 1.83 bits per heavy atom. The second-order valence-electron chi connectivity index (χ2n) is 9.98. The summed E-state index contributed by atoms with van der Waals surface area (Å²) in [6, 6.07) is 7.63. The Bertz CT molecular complexity index is 1290. The number of likely N-dealkylation sites (tertiary alicyclic amines) is 1. The highest BCUT2D eigenvalue weighted by Crippen LogP contribution is 2.38. The Labute approximate surface area is 204 Å². The smallest absolute Gasteiger partial charge is 0.324 e. The average Bonchev–Trinajstić information content (AvgIpc) is 2.84. The number of fused-ring (bicyclic) bond motifs is 3. The number of aromatic nitrogens is 3. The predicted octanol–water partition coefficient (Wildman–Crippen LogP) is 3.13. The molecule has 0 bridgehead atoms. The Morgan fingerprint density at radius 1 is 1.09 bits per heavy atom. The first-order valence-electron chi connectivity index (χ1n) is 11.9. The monoisotopic (exact) mass is 474 g/mol. The summed E-state index contributed by atoms with van der Waals surface area (Å²) in [6.45, 7) is 6.37. The van der Waals surface area contributed by atoms with Gasteiger partial charge in [-0.05, 0) is 57.9 Å². The second-order valence-corrected chi connectivity index (χ2v) is 9.98. The molecule has 9 heteroatoms. The number of nitrogens with zero attached hydrogens (tertiary/aromatic N) is 6. The molecule has 0 atom stereocenters. The van der Waals surface area contributed by atoms with E-state index >= 15 is 0 Å². The van der Waals surface area contributed by atoms with Crippen LogP contribution in [-0.2, 0) is 11.3 Å². The molecule has 9 nitrogen and oxygen atoms in total. The molecule has 0 spiro atoms. The van der Waals surface area contributed by atoms with Gasteiger partial charge in [0.2, 0.25) is 0 Å². The predicted molar refractivity (Wildman–Crippen MR) is 133 cm³/mol. The van der Waals surface area contributed by atoms with E-state index in [1.807, 2.05) is 42.3 Å². The van der Waals surface area contributed by atoms with Crippen molar-refractivity contribution in [2.75, 3.05) is 25.0 Å². The van der Waals surface area contributed by atoms with E-state index in [9.17, 15) is 14.7 Å². The maximum atomic E-state index is 13.5. The van der Waals surface area contributed by atoms with E-state index < -0.39 is 5.60 Å². The fourth-order valence-corrected chi connectivity index (χ4v) is 4.91. The molecule has 3 aromatic rings. The largest absolute Gasteiger partial charge is 0.381 e. The lowest BCUT2D eigenvalue weighted by molar-refractivity contribution is -0.148. The van der Waals surface area contributed by atoms with Crippen LogP contribution in [0.3, 0.4) is 0 Å². The number of pyridine rings is 3. The SMILES string of the molecule is Cc1ccc(-c2ccc3ncc4c(c3n2)N(C2CCN(C(=O)C(C)(C)O)CC2)C(=O)N(C)C4)cn1. The minimum atomic E-state index is -1.41. The van der Waals surface area contributed by atoms with Gasteiger partial charge in [0.1, 0.15) is 11.1 Å². The highest BCUT2D eigenvalue weighted by molar-refractivity contribution is 6.04. The van der Waals surface area contributed by atoms with Gasteiger partial charge in [-0.2, -0.15) is 0 Å².